The zero-order valence-electron chi connectivity index (χ0n) is 13.6. The predicted molar refractivity (Wildman–Crippen MR) is 88.5 cm³/mol. The Morgan fingerprint density at radius 1 is 1.25 bits per heavy atom. The van der Waals surface area contributed by atoms with E-state index in [1.54, 1.807) is 0 Å². The molecule has 122 valence electrons. The van der Waals surface area contributed by atoms with Crippen LogP contribution in [0, 0.1) is 6.92 Å². The first-order valence-electron chi connectivity index (χ1n) is 8.06. The van der Waals surface area contributed by atoms with Gasteiger partial charge in [-0.2, -0.15) is 0 Å². The number of aromatic nitrogens is 3. The van der Waals surface area contributed by atoms with E-state index >= 15 is 0 Å². The van der Waals surface area contributed by atoms with Gasteiger partial charge in [0.05, 0.1) is 6.04 Å². The molecule has 1 atom stereocenters. The average molecular weight is 322 g/mol. The number of carbonyl (C=O) groups excluding carboxylic acids is 1. The number of hydrogen-bond donors (Lipinski definition) is 1. The highest BCUT2D eigenvalue weighted by Crippen LogP contribution is 2.28. The monoisotopic (exact) mass is 322 g/mol. The molecule has 1 aliphatic rings. The number of rotatable bonds is 4. The molecule has 6 nitrogen and oxygen atoms in total. The van der Waals surface area contributed by atoms with Crippen molar-refractivity contribution in [1.82, 2.24) is 20.1 Å². The van der Waals surface area contributed by atoms with Gasteiger partial charge in [0, 0.05) is 18.5 Å². The van der Waals surface area contributed by atoms with Gasteiger partial charge in [0.1, 0.15) is 11.6 Å². The van der Waals surface area contributed by atoms with Crippen LogP contribution in [0.4, 0.5) is 0 Å². The number of carbonyl (C=O) groups is 1. The van der Waals surface area contributed by atoms with Crippen LogP contribution >= 0.6 is 0 Å². The third kappa shape index (κ3) is 2.40. The molecule has 24 heavy (non-hydrogen) atoms. The third-order valence-electron chi connectivity index (χ3n) is 4.28. The Kier molecular flexibility index (Phi) is 3.45. The maximum Gasteiger partial charge on any atom is 0.252 e. The molecule has 0 unspecified atom stereocenters. The first-order valence-corrected chi connectivity index (χ1v) is 8.06. The molecule has 0 fully saturated rings. The number of amides is 1. The molecule has 0 saturated carbocycles. The molecule has 1 aliphatic heterocycles. The van der Waals surface area contributed by atoms with E-state index in [1.807, 2.05) is 54.9 Å². The quantitative estimate of drug-likeness (QED) is 0.801. The van der Waals surface area contributed by atoms with Crippen molar-refractivity contribution >= 4 is 5.91 Å². The Morgan fingerprint density at radius 3 is 2.83 bits per heavy atom. The maximum absolute atomic E-state index is 12.1. The van der Waals surface area contributed by atoms with Gasteiger partial charge in [0.15, 0.2) is 5.76 Å². The molecule has 0 aliphatic carbocycles. The van der Waals surface area contributed by atoms with E-state index in [9.17, 15) is 4.79 Å². The zero-order chi connectivity index (χ0) is 16.7. The smallest absolute Gasteiger partial charge is 0.252 e. The molecule has 2 aromatic heterocycles. The fourth-order valence-electron chi connectivity index (χ4n) is 3.10. The highest BCUT2D eigenvalue weighted by Gasteiger charge is 2.29. The van der Waals surface area contributed by atoms with E-state index in [0.717, 1.165) is 22.7 Å². The summed E-state index contributed by atoms with van der Waals surface area (Å²) in [5.41, 5.74) is 1.76. The molecular weight excluding hydrogens is 304 g/mol. The SMILES string of the molecule is CCn1nc(-c2ccc(C)o2)nc1C[C@@H]1NC(=O)c2ccccc21. The van der Waals surface area contributed by atoms with Gasteiger partial charge in [-0.3, -0.25) is 4.79 Å². The normalized spacial score (nSPS) is 16.2. The Labute approximate surface area is 139 Å². The summed E-state index contributed by atoms with van der Waals surface area (Å²) in [6.07, 6.45) is 0.600. The van der Waals surface area contributed by atoms with Crippen LogP contribution in [0.15, 0.2) is 40.8 Å². The number of nitrogens with zero attached hydrogens (tertiary/aromatic N) is 3. The van der Waals surface area contributed by atoms with Gasteiger partial charge in [0.25, 0.3) is 5.91 Å². The highest BCUT2D eigenvalue weighted by molar-refractivity contribution is 5.99. The second kappa shape index (κ2) is 5.63. The van der Waals surface area contributed by atoms with Crippen molar-refractivity contribution in [2.45, 2.75) is 32.9 Å². The van der Waals surface area contributed by atoms with E-state index in [2.05, 4.69) is 15.4 Å². The van der Waals surface area contributed by atoms with E-state index in [4.69, 9.17) is 4.42 Å². The van der Waals surface area contributed by atoms with Crippen LogP contribution in [0.3, 0.4) is 0 Å². The van der Waals surface area contributed by atoms with Crippen LogP contribution < -0.4 is 5.32 Å². The fourth-order valence-corrected chi connectivity index (χ4v) is 3.10. The molecule has 3 heterocycles. The standard InChI is InChI=1S/C18H18N4O2/c1-3-22-16(20-17(21-22)15-9-8-11(2)24-15)10-14-12-6-4-5-7-13(12)18(23)19-14/h4-9,14H,3,10H2,1-2H3,(H,19,23)/t14-/m0/s1. The predicted octanol–water partition coefficient (Wildman–Crippen LogP) is 2.89. The van der Waals surface area contributed by atoms with Crippen LogP contribution in [-0.2, 0) is 13.0 Å². The fraction of sp³-hybridized carbons (Fsp3) is 0.278. The van der Waals surface area contributed by atoms with E-state index in [-0.39, 0.29) is 11.9 Å². The maximum atomic E-state index is 12.1. The van der Waals surface area contributed by atoms with Crippen LogP contribution in [0.2, 0.25) is 0 Å². The third-order valence-corrected chi connectivity index (χ3v) is 4.28. The number of hydrogen-bond acceptors (Lipinski definition) is 4. The summed E-state index contributed by atoms with van der Waals surface area (Å²) in [5, 5.41) is 7.56. The molecule has 4 rings (SSSR count). The zero-order valence-corrected chi connectivity index (χ0v) is 13.6. The topological polar surface area (TPSA) is 73.0 Å². The number of aryl methyl sites for hydroxylation is 2. The minimum Gasteiger partial charge on any atom is -0.458 e. The van der Waals surface area contributed by atoms with Crippen LogP contribution in [-0.4, -0.2) is 20.7 Å². The summed E-state index contributed by atoms with van der Waals surface area (Å²) in [7, 11) is 0. The number of furan rings is 1. The second-order valence-corrected chi connectivity index (χ2v) is 5.90. The lowest BCUT2D eigenvalue weighted by atomic mass is 10.0. The Hall–Kier alpha value is -2.89. The molecule has 3 aromatic rings. The summed E-state index contributed by atoms with van der Waals surface area (Å²) in [5.74, 6) is 2.88. The summed E-state index contributed by atoms with van der Waals surface area (Å²) in [4.78, 5) is 16.7. The van der Waals surface area contributed by atoms with Gasteiger partial charge in [-0.15, -0.1) is 5.10 Å². The van der Waals surface area contributed by atoms with Crippen LogP contribution in [0.5, 0.6) is 0 Å². The van der Waals surface area contributed by atoms with Crippen molar-refractivity contribution in [3.63, 3.8) is 0 Å². The molecule has 1 N–H and O–H groups in total. The van der Waals surface area contributed by atoms with Gasteiger partial charge in [-0.1, -0.05) is 18.2 Å². The van der Waals surface area contributed by atoms with Gasteiger partial charge in [-0.25, -0.2) is 9.67 Å². The second-order valence-electron chi connectivity index (χ2n) is 5.90. The lowest BCUT2D eigenvalue weighted by Gasteiger charge is -2.11. The van der Waals surface area contributed by atoms with Crippen molar-refractivity contribution in [2.24, 2.45) is 0 Å². The lowest BCUT2D eigenvalue weighted by molar-refractivity contribution is 0.0956. The number of nitrogens with one attached hydrogen (secondary N) is 1. The molecule has 6 heteroatoms. The first-order chi connectivity index (χ1) is 11.7. The van der Waals surface area contributed by atoms with Crippen molar-refractivity contribution in [3.8, 4) is 11.6 Å². The lowest BCUT2D eigenvalue weighted by Crippen LogP contribution is -2.22. The number of fused-ring (bicyclic) bond motifs is 1. The van der Waals surface area contributed by atoms with Gasteiger partial charge < -0.3 is 9.73 Å². The number of benzene rings is 1. The summed E-state index contributed by atoms with van der Waals surface area (Å²) >= 11 is 0. The van der Waals surface area contributed by atoms with Gasteiger partial charge in [-0.05, 0) is 37.6 Å². The Bertz CT molecular complexity index is 909. The minimum atomic E-state index is -0.0746. The van der Waals surface area contributed by atoms with Crippen molar-refractivity contribution < 1.29 is 9.21 Å². The Morgan fingerprint density at radius 2 is 2.08 bits per heavy atom. The average Bonchev–Trinajstić information content (AvgIpc) is 3.27. The highest BCUT2D eigenvalue weighted by atomic mass is 16.3. The van der Waals surface area contributed by atoms with Gasteiger partial charge in [0.2, 0.25) is 5.82 Å². The van der Waals surface area contributed by atoms with E-state index in [1.165, 1.54) is 0 Å². The van der Waals surface area contributed by atoms with Crippen molar-refractivity contribution in [1.29, 1.82) is 0 Å². The van der Waals surface area contributed by atoms with Crippen molar-refractivity contribution in [3.05, 3.63) is 59.1 Å². The van der Waals surface area contributed by atoms with Crippen LogP contribution in [0.1, 0.15) is 40.5 Å². The molecule has 0 bridgehead atoms. The summed E-state index contributed by atoms with van der Waals surface area (Å²) < 4.78 is 7.48. The summed E-state index contributed by atoms with van der Waals surface area (Å²) in [6.45, 7) is 4.63. The molecular formula is C18H18N4O2. The molecule has 0 spiro atoms. The molecule has 1 amide bonds. The molecule has 1 aromatic carbocycles. The summed E-state index contributed by atoms with van der Waals surface area (Å²) in [6, 6.07) is 11.4. The van der Waals surface area contributed by atoms with Crippen LogP contribution in [0.25, 0.3) is 11.6 Å². The Balaban J connectivity index is 1.66. The largest absolute Gasteiger partial charge is 0.458 e. The first kappa shape index (κ1) is 14.7. The van der Waals surface area contributed by atoms with E-state index in [0.29, 0.717) is 24.6 Å². The molecule has 0 radical (unpaired) electrons. The van der Waals surface area contributed by atoms with E-state index < -0.39 is 0 Å². The molecule has 0 saturated heterocycles. The van der Waals surface area contributed by atoms with Crippen molar-refractivity contribution in [2.75, 3.05) is 0 Å². The van der Waals surface area contributed by atoms with Gasteiger partial charge >= 0.3 is 0 Å². The minimum absolute atomic E-state index is 0.0277.